The minimum atomic E-state index is -4.03. The van der Waals surface area contributed by atoms with Crippen LogP contribution in [0.2, 0.25) is 5.02 Å². The molecular weight excluding hydrogens is 710 g/mol. The van der Waals surface area contributed by atoms with Gasteiger partial charge in [-0.25, -0.2) is 31.8 Å². The number of pyridine rings is 1. The van der Waals surface area contributed by atoms with Crippen molar-refractivity contribution >= 4 is 59.4 Å². The van der Waals surface area contributed by atoms with E-state index in [-0.39, 0.29) is 26.6 Å². The smallest absolute Gasteiger partial charge is 0.262 e. The van der Waals surface area contributed by atoms with Gasteiger partial charge < -0.3 is 14.7 Å². The second-order valence-corrected chi connectivity index (χ2v) is 17.2. The second kappa shape index (κ2) is 13.3. The van der Waals surface area contributed by atoms with Crippen molar-refractivity contribution in [3.8, 4) is 22.8 Å². The van der Waals surface area contributed by atoms with Gasteiger partial charge in [-0.1, -0.05) is 36.7 Å². The van der Waals surface area contributed by atoms with Gasteiger partial charge in [0.15, 0.2) is 5.82 Å². The SMILES string of the molecule is CC1CCN(S(=O)(=O)c2ccc3nc(-c4cccc(-c5cccc(NS(=O)(=O)c6ccc7nc(C8CCCCO8)[nH]c7c6)c5Cl)n4)[nH]c3c2)CC1. The summed E-state index contributed by atoms with van der Waals surface area (Å²) >= 11 is 6.83. The maximum absolute atomic E-state index is 13.6. The molecule has 0 spiro atoms. The highest BCUT2D eigenvalue weighted by Crippen LogP contribution is 2.36. The highest BCUT2D eigenvalue weighted by molar-refractivity contribution is 7.92. The van der Waals surface area contributed by atoms with Crippen molar-refractivity contribution < 1.29 is 21.6 Å². The average molecular weight is 746 g/mol. The van der Waals surface area contributed by atoms with E-state index in [1.807, 2.05) is 0 Å². The molecule has 0 amide bonds. The fourth-order valence-electron chi connectivity index (χ4n) is 6.66. The minimum absolute atomic E-state index is 0.0581. The van der Waals surface area contributed by atoms with E-state index in [1.54, 1.807) is 71.0 Å². The molecular formula is C36H36ClN7O5S2. The van der Waals surface area contributed by atoms with E-state index in [1.165, 1.54) is 6.07 Å². The summed E-state index contributed by atoms with van der Waals surface area (Å²) in [6.45, 7) is 3.84. The fraction of sp³-hybridized carbons (Fsp3) is 0.306. The van der Waals surface area contributed by atoms with Gasteiger partial charge in [-0.3, -0.25) is 4.72 Å². The predicted molar refractivity (Wildman–Crippen MR) is 196 cm³/mol. The number of sulfonamides is 2. The van der Waals surface area contributed by atoms with Crippen molar-refractivity contribution in [2.45, 2.75) is 54.9 Å². The minimum Gasteiger partial charge on any atom is -0.370 e. The Kier molecular flexibility index (Phi) is 8.83. The van der Waals surface area contributed by atoms with Crippen molar-refractivity contribution in [1.82, 2.24) is 29.2 Å². The number of anilines is 1. The van der Waals surface area contributed by atoms with E-state index in [0.29, 0.717) is 76.3 Å². The standard InChI is InChI=1S/C36H36ClN7O5S2/c1-22-15-17-44(18-16-22)51(47,48)24-12-14-27-32(21-24)41-35(39-27)30-9-5-7-26(38-30)25-6-4-8-29(34(25)37)43-50(45,46)23-11-13-28-31(20-23)42-36(40-28)33-10-2-3-19-49-33/h4-9,11-14,20-22,33,43H,2-3,10,15-19H2,1H3,(H,39,41)(H,40,42). The zero-order chi connectivity index (χ0) is 35.3. The molecule has 3 aromatic heterocycles. The van der Waals surface area contributed by atoms with Crippen molar-refractivity contribution in [1.29, 1.82) is 0 Å². The van der Waals surface area contributed by atoms with Gasteiger partial charge in [0.05, 0.1) is 48.3 Å². The lowest BCUT2D eigenvalue weighted by Crippen LogP contribution is -2.37. The first kappa shape index (κ1) is 33.8. The summed E-state index contributed by atoms with van der Waals surface area (Å²) in [6.07, 6.45) is 4.50. The molecule has 0 bridgehead atoms. The van der Waals surface area contributed by atoms with Crippen LogP contribution < -0.4 is 4.72 Å². The van der Waals surface area contributed by atoms with Gasteiger partial charge in [0.25, 0.3) is 10.0 Å². The number of benzene rings is 3. The molecule has 12 nitrogen and oxygen atoms in total. The Balaban J connectivity index is 1.04. The van der Waals surface area contributed by atoms with E-state index >= 15 is 0 Å². The Morgan fingerprint density at radius 2 is 1.51 bits per heavy atom. The summed E-state index contributed by atoms with van der Waals surface area (Å²) in [5.74, 6) is 1.66. The van der Waals surface area contributed by atoms with E-state index < -0.39 is 20.0 Å². The van der Waals surface area contributed by atoms with E-state index in [9.17, 15) is 16.8 Å². The van der Waals surface area contributed by atoms with Crippen LogP contribution in [0.3, 0.4) is 0 Å². The molecule has 1 unspecified atom stereocenters. The number of rotatable bonds is 8. The molecule has 0 radical (unpaired) electrons. The molecule has 3 aromatic carbocycles. The summed E-state index contributed by atoms with van der Waals surface area (Å²) in [7, 11) is -7.66. The molecule has 3 N–H and O–H groups in total. The number of fused-ring (bicyclic) bond motifs is 2. The van der Waals surface area contributed by atoms with Gasteiger partial charge in [0, 0.05) is 25.3 Å². The first-order valence-electron chi connectivity index (χ1n) is 17.0. The number of hydrogen-bond donors (Lipinski definition) is 3. The molecule has 2 aliphatic heterocycles. The fourth-order valence-corrected chi connectivity index (χ4v) is 9.58. The summed E-state index contributed by atoms with van der Waals surface area (Å²) < 4.78 is 63.9. The Bertz CT molecular complexity index is 2490. The van der Waals surface area contributed by atoms with Crippen LogP contribution in [0.4, 0.5) is 5.69 Å². The monoisotopic (exact) mass is 745 g/mol. The Morgan fingerprint density at radius 1 is 0.804 bits per heavy atom. The number of hydrogen-bond acceptors (Lipinski definition) is 8. The summed E-state index contributed by atoms with van der Waals surface area (Å²) in [6, 6.07) is 20.1. The molecule has 0 aliphatic carbocycles. The second-order valence-electron chi connectivity index (χ2n) is 13.2. The van der Waals surface area contributed by atoms with Crippen LogP contribution >= 0.6 is 11.6 Å². The summed E-state index contributed by atoms with van der Waals surface area (Å²) in [5.41, 5.74) is 4.15. The molecule has 51 heavy (non-hydrogen) atoms. The topological polar surface area (TPSA) is 163 Å². The molecule has 2 fully saturated rings. The van der Waals surface area contributed by atoms with Crippen LogP contribution in [0.15, 0.2) is 82.6 Å². The number of piperidine rings is 1. The van der Waals surface area contributed by atoms with Gasteiger partial charge in [-0.15, -0.1) is 0 Å². The van der Waals surface area contributed by atoms with Crippen LogP contribution in [0.1, 0.15) is 51.0 Å². The van der Waals surface area contributed by atoms with E-state index in [2.05, 4.69) is 31.6 Å². The van der Waals surface area contributed by atoms with Crippen LogP contribution in [-0.2, 0) is 24.8 Å². The highest BCUT2D eigenvalue weighted by atomic mass is 35.5. The lowest BCUT2D eigenvalue weighted by molar-refractivity contribution is 0.0101. The maximum Gasteiger partial charge on any atom is 0.262 e. The number of aromatic nitrogens is 5. The van der Waals surface area contributed by atoms with Gasteiger partial charge in [0.1, 0.15) is 17.6 Å². The summed E-state index contributed by atoms with van der Waals surface area (Å²) in [5, 5.41) is 0.177. The molecule has 8 rings (SSSR count). The first-order chi connectivity index (χ1) is 24.5. The number of ether oxygens (including phenoxy) is 1. The molecule has 5 heterocycles. The van der Waals surface area contributed by atoms with Gasteiger partial charge in [0.2, 0.25) is 10.0 Å². The number of nitrogens with one attached hydrogen (secondary N) is 3. The molecule has 6 aromatic rings. The Labute approximate surface area is 300 Å². The largest absolute Gasteiger partial charge is 0.370 e. The van der Waals surface area contributed by atoms with E-state index in [4.69, 9.17) is 21.3 Å². The first-order valence-corrected chi connectivity index (χ1v) is 20.3. The zero-order valence-electron chi connectivity index (χ0n) is 27.8. The van der Waals surface area contributed by atoms with Crippen molar-refractivity contribution in [3.63, 3.8) is 0 Å². The number of aromatic amines is 2. The normalized spacial score (nSPS) is 18.0. The molecule has 2 saturated heterocycles. The van der Waals surface area contributed by atoms with Crippen LogP contribution in [0.5, 0.6) is 0 Å². The zero-order valence-corrected chi connectivity index (χ0v) is 30.2. The number of H-pyrrole nitrogens is 2. The number of halogens is 1. The molecule has 0 saturated carbocycles. The molecule has 15 heteroatoms. The van der Waals surface area contributed by atoms with Crippen molar-refractivity contribution in [2.75, 3.05) is 24.4 Å². The summed E-state index contributed by atoms with van der Waals surface area (Å²) in [4.78, 5) is 20.8. The molecule has 2 aliphatic rings. The lowest BCUT2D eigenvalue weighted by atomic mass is 10.0. The van der Waals surface area contributed by atoms with Gasteiger partial charge >= 0.3 is 0 Å². The third kappa shape index (κ3) is 6.62. The number of nitrogens with zero attached hydrogens (tertiary/aromatic N) is 4. The Morgan fingerprint density at radius 3 is 2.29 bits per heavy atom. The average Bonchev–Trinajstić information content (AvgIpc) is 3.77. The third-order valence-corrected chi connectivity index (χ3v) is 13.3. The number of imidazole rings is 2. The third-order valence-electron chi connectivity index (χ3n) is 9.61. The predicted octanol–water partition coefficient (Wildman–Crippen LogP) is 7.28. The molecule has 1 atom stereocenters. The van der Waals surface area contributed by atoms with Crippen LogP contribution in [-0.4, -0.2) is 65.8 Å². The van der Waals surface area contributed by atoms with Gasteiger partial charge in [-0.2, -0.15) is 4.31 Å². The van der Waals surface area contributed by atoms with Crippen LogP contribution in [0, 0.1) is 5.92 Å². The highest BCUT2D eigenvalue weighted by Gasteiger charge is 2.29. The van der Waals surface area contributed by atoms with Gasteiger partial charge in [-0.05, 0) is 92.6 Å². The molecule has 264 valence electrons. The van der Waals surface area contributed by atoms with Crippen LogP contribution in [0.25, 0.3) is 44.8 Å². The Hall–Kier alpha value is -4.34. The van der Waals surface area contributed by atoms with Crippen molar-refractivity contribution in [2.24, 2.45) is 5.92 Å². The maximum atomic E-state index is 13.6. The lowest BCUT2D eigenvalue weighted by Gasteiger charge is -2.29. The van der Waals surface area contributed by atoms with E-state index in [0.717, 1.165) is 32.1 Å². The quantitative estimate of drug-likeness (QED) is 0.146. The van der Waals surface area contributed by atoms with Crippen molar-refractivity contribution in [3.05, 3.63) is 83.6 Å².